The Balaban J connectivity index is 1.41. The van der Waals surface area contributed by atoms with Crippen molar-refractivity contribution in [2.45, 2.75) is 17.2 Å². The Morgan fingerprint density at radius 2 is 1.74 bits per heavy atom. The monoisotopic (exact) mass is 478 g/mol. The predicted octanol–water partition coefficient (Wildman–Crippen LogP) is 4.46. The number of carbonyl (C=O) groups excluding carboxylic acids is 1. The van der Waals surface area contributed by atoms with E-state index in [0.717, 1.165) is 16.9 Å². The maximum Gasteiger partial charge on any atom is 0.271 e. The van der Waals surface area contributed by atoms with Gasteiger partial charge in [0.25, 0.3) is 15.9 Å². The topological polar surface area (TPSA) is 93.7 Å². The molecule has 7 nitrogen and oxygen atoms in total. The van der Waals surface area contributed by atoms with Crippen molar-refractivity contribution < 1.29 is 22.7 Å². The Morgan fingerprint density at radius 3 is 2.42 bits per heavy atom. The van der Waals surface area contributed by atoms with Gasteiger partial charge in [-0.2, -0.15) is 0 Å². The molecule has 31 heavy (non-hydrogen) atoms. The van der Waals surface area contributed by atoms with Gasteiger partial charge in [-0.05, 0) is 61.0 Å². The van der Waals surface area contributed by atoms with Crippen LogP contribution in [-0.2, 0) is 10.0 Å². The van der Waals surface area contributed by atoms with Gasteiger partial charge in [-0.3, -0.25) is 9.52 Å². The molecule has 1 amide bonds. The summed E-state index contributed by atoms with van der Waals surface area (Å²) < 4.78 is 38.9. The molecule has 1 aliphatic rings. The van der Waals surface area contributed by atoms with Gasteiger partial charge < -0.3 is 14.8 Å². The van der Waals surface area contributed by atoms with Gasteiger partial charge in [0.05, 0.1) is 10.4 Å². The lowest BCUT2D eigenvalue weighted by atomic mass is 10.1. The molecule has 0 bridgehead atoms. The highest BCUT2D eigenvalue weighted by Gasteiger charge is 2.18. The van der Waals surface area contributed by atoms with Crippen LogP contribution >= 0.6 is 22.9 Å². The maximum absolute atomic E-state index is 12.6. The summed E-state index contributed by atoms with van der Waals surface area (Å²) in [6, 6.07) is 14.5. The summed E-state index contributed by atoms with van der Waals surface area (Å²) in [5.41, 5.74) is 1.64. The van der Waals surface area contributed by atoms with Gasteiger partial charge in [0, 0.05) is 11.3 Å². The van der Waals surface area contributed by atoms with Crippen LogP contribution in [0.5, 0.6) is 11.5 Å². The number of sulfonamides is 1. The molecule has 0 saturated carbocycles. The largest absolute Gasteiger partial charge is 0.486 e. The molecule has 0 fully saturated rings. The van der Waals surface area contributed by atoms with Gasteiger partial charge in [0.1, 0.15) is 17.4 Å². The van der Waals surface area contributed by atoms with E-state index in [2.05, 4.69) is 10.0 Å². The number of halogens is 1. The third-order valence-electron chi connectivity index (χ3n) is 4.63. The van der Waals surface area contributed by atoms with Crippen LogP contribution in [0, 0.1) is 0 Å². The zero-order valence-electron chi connectivity index (χ0n) is 16.4. The van der Waals surface area contributed by atoms with Crippen molar-refractivity contribution in [3.63, 3.8) is 0 Å². The van der Waals surface area contributed by atoms with Crippen molar-refractivity contribution in [2.24, 2.45) is 0 Å². The average molecular weight is 479 g/mol. The summed E-state index contributed by atoms with van der Waals surface area (Å²) in [6.45, 7) is 2.89. The molecule has 0 saturated heterocycles. The number of ether oxygens (including phenoxy) is 2. The standard InChI is InChI=1S/C21H19ClN2O5S2/c1-13(15-4-7-17-18(12-15)29-11-10-28-17)23-21(25)14-2-5-16(6-3-14)24-31(26,27)20-9-8-19(22)30-20/h2-9,12-13,24H,10-11H2,1H3,(H,23,25). The molecule has 0 aliphatic carbocycles. The van der Waals surface area contributed by atoms with Gasteiger partial charge in [-0.15, -0.1) is 11.3 Å². The van der Waals surface area contributed by atoms with Crippen LogP contribution in [0.2, 0.25) is 4.34 Å². The molecular weight excluding hydrogens is 460 g/mol. The van der Waals surface area contributed by atoms with E-state index in [1.165, 1.54) is 24.3 Å². The molecule has 2 N–H and O–H groups in total. The highest BCUT2D eigenvalue weighted by atomic mass is 35.5. The molecule has 2 heterocycles. The second-order valence-corrected chi connectivity index (χ2v) is 10.5. The molecule has 1 atom stereocenters. The molecule has 0 radical (unpaired) electrons. The first kappa shape index (κ1) is 21.5. The number of nitrogens with one attached hydrogen (secondary N) is 2. The Hall–Kier alpha value is -2.75. The third kappa shape index (κ3) is 4.95. The van der Waals surface area contributed by atoms with E-state index < -0.39 is 10.0 Å². The zero-order valence-corrected chi connectivity index (χ0v) is 18.8. The molecule has 3 aromatic rings. The molecular formula is C21H19ClN2O5S2. The number of hydrogen-bond donors (Lipinski definition) is 2. The van der Waals surface area contributed by atoms with Crippen LogP contribution in [0.15, 0.2) is 58.8 Å². The van der Waals surface area contributed by atoms with Crippen LogP contribution in [0.25, 0.3) is 0 Å². The minimum Gasteiger partial charge on any atom is -0.486 e. The fourth-order valence-electron chi connectivity index (χ4n) is 3.03. The minimum absolute atomic E-state index is 0.118. The maximum atomic E-state index is 12.6. The lowest BCUT2D eigenvalue weighted by Crippen LogP contribution is -2.26. The smallest absolute Gasteiger partial charge is 0.271 e. The Kier molecular flexibility index (Phi) is 6.08. The normalized spacial score (nSPS) is 14.0. The zero-order chi connectivity index (χ0) is 22.0. The summed E-state index contributed by atoms with van der Waals surface area (Å²) in [5, 5.41) is 2.93. The Morgan fingerprint density at radius 1 is 1.03 bits per heavy atom. The van der Waals surface area contributed by atoms with E-state index in [9.17, 15) is 13.2 Å². The summed E-state index contributed by atoms with van der Waals surface area (Å²) in [7, 11) is -3.73. The molecule has 2 aromatic carbocycles. The number of thiophene rings is 1. The van der Waals surface area contributed by atoms with E-state index in [-0.39, 0.29) is 16.2 Å². The van der Waals surface area contributed by atoms with Crippen LogP contribution in [0.4, 0.5) is 5.69 Å². The van der Waals surface area contributed by atoms with Gasteiger partial charge in [0.2, 0.25) is 0 Å². The van der Waals surface area contributed by atoms with Crippen LogP contribution < -0.4 is 19.5 Å². The summed E-state index contributed by atoms with van der Waals surface area (Å²) in [6.07, 6.45) is 0. The van der Waals surface area contributed by atoms with Crippen LogP contribution in [-0.4, -0.2) is 27.5 Å². The molecule has 0 spiro atoms. The molecule has 1 aromatic heterocycles. The van der Waals surface area contributed by atoms with Gasteiger partial charge >= 0.3 is 0 Å². The number of fused-ring (bicyclic) bond motifs is 1. The van der Waals surface area contributed by atoms with Crippen LogP contribution in [0.1, 0.15) is 28.9 Å². The van der Waals surface area contributed by atoms with Crippen molar-refractivity contribution in [1.29, 1.82) is 0 Å². The molecule has 10 heteroatoms. The molecule has 4 rings (SSSR count). The van der Waals surface area contributed by atoms with Gasteiger partial charge in [-0.25, -0.2) is 8.42 Å². The van der Waals surface area contributed by atoms with Crippen LogP contribution in [0.3, 0.4) is 0 Å². The SMILES string of the molecule is CC(NC(=O)c1ccc(NS(=O)(=O)c2ccc(Cl)s2)cc1)c1ccc2c(c1)OCCO2. The predicted molar refractivity (Wildman–Crippen MR) is 120 cm³/mol. The highest BCUT2D eigenvalue weighted by molar-refractivity contribution is 7.94. The second kappa shape index (κ2) is 8.78. The summed E-state index contributed by atoms with van der Waals surface area (Å²) >= 11 is 6.78. The van der Waals surface area contributed by atoms with Crippen molar-refractivity contribution in [2.75, 3.05) is 17.9 Å². The fraction of sp³-hybridized carbons (Fsp3) is 0.190. The van der Waals surface area contributed by atoms with E-state index in [4.69, 9.17) is 21.1 Å². The van der Waals surface area contributed by atoms with E-state index in [1.54, 1.807) is 12.1 Å². The number of amides is 1. The van der Waals surface area contributed by atoms with Gasteiger partial charge in [-0.1, -0.05) is 17.7 Å². The number of carbonyl (C=O) groups is 1. The molecule has 1 unspecified atom stereocenters. The fourth-order valence-corrected chi connectivity index (χ4v) is 5.57. The first-order valence-electron chi connectivity index (χ1n) is 9.40. The first-order valence-corrected chi connectivity index (χ1v) is 12.1. The summed E-state index contributed by atoms with van der Waals surface area (Å²) in [4.78, 5) is 12.6. The van der Waals surface area contributed by atoms with E-state index in [1.807, 2.05) is 25.1 Å². The lowest BCUT2D eigenvalue weighted by molar-refractivity contribution is 0.0939. The second-order valence-electron chi connectivity index (χ2n) is 6.84. The van der Waals surface area contributed by atoms with E-state index >= 15 is 0 Å². The van der Waals surface area contributed by atoms with Crippen molar-refractivity contribution >= 4 is 44.6 Å². The number of rotatable bonds is 6. The average Bonchev–Trinajstić information content (AvgIpc) is 3.21. The lowest BCUT2D eigenvalue weighted by Gasteiger charge is -2.21. The highest BCUT2D eigenvalue weighted by Crippen LogP contribution is 2.32. The number of benzene rings is 2. The molecule has 162 valence electrons. The Bertz CT molecular complexity index is 1210. The Labute approximate surface area is 189 Å². The number of anilines is 1. The van der Waals surface area contributed by atoms with Crippen molar-refractivity contribution in [3.05, 3.63) is 70.1 Å². The van der Waals surface area contributed by atoms with Gasteiger partial charge in [0.15, 0.2) is 11.5 Å². The quantitative estimate of drug-likeness (QED) is 0.545. The van der Waals surface area contributed by atoms with E-state index in [0.29, 0.717) is 40.3 Å². The first-order chi connectivity index (χ1) is 14.8. The number of hydrogen-bond acceptors (Lipinski definition) is 6. The van der Waals surface area contributed by atoms with Crippen molar-refractivity contribution in [3.8, 4) is 11.5 Å². The minimum atomic E-state index is -3.73. The van der Waals surface area contributed by atoms with Crippen molar-refractivity contribution in [1.82, 2.24) is 5.32 Å². The molecule has 1 aliphatic heterocycles. The third-order valence-corrected chi connectivity index (χ3v) is 7.73. The summed E-state index contributed by atoms with van der Waals surface area (Å²) in [5.74, 6) is 1.08.